The van der Waals surface area contributed by atoms with E-state index in [1.54, 1.807) is 7.05 Å². The van der Waals surface area contributed by atoms with Crippen LogP contribution < -0.4 is 10.6 Å². The Morgan fingerprint density at radius 1 is 1.44 bits per heavy atom. The fraction of sp³-hybridized carbons (Fsp3) is 0.833. The van der Waals surface area contributed by atoms with Crippen molar-refractivity contribution in [2.75, 3.05) is 20.1 Å². The molecule has 1 aliphatic heterocycles. The highest BCUT2D eigenvalue weighted by atomic mass is 15.2. The molecule has 2 N–H and O–H groups in total. The predicted octanol–water partition coefficient (Wildman–Crippen LogP) is -0.199. The van der Waals surface area contributed by atoms with Crippen LogP contribution in [-0.4, -0.2) is 26.1 Å². The summed E-state index contributed by atoms with van der Waals surface area (Å²) in [6, 6.07) is 0. The van der Waals surface area contributed by atoms with Crippen LogP contribution in [0.4, 0.5) is 0 Å². The van der Waals surface area contributed by atoms with E-state index in [9.17, 15) is 0 Å². The Kier molecular flexibility index (Phi) is 1.92. The Labute approximate surface area is 55.6 Å². The van der Waals surface area contributed by atoms with Crippen LogP contribution in [0.1, 0.15) is 6.92 Å². The zero-order chi connectivity index (χ0) is 6.69. The van der Waals surface area contributed by atoms with Crippen LogP contribution in [-0.2, 0) is 0 Å². The smallest absolute Gasteiger partial charge is 0.190 e. The number of hydrogen-bond acceptors (Lipinski definition) is 1. The van der Waals surface area contributed by atoms with Crippen molar-refractivity contribution in [2.24, 2.45) is 10.9 Å². The molecule has 3 heteroatoms. The van der Waals surface area contributed by atoms with Gasteiger partial charge in [-0.3, -0.25) is 4.99 Å². The molecule has 1 fully saturated rings. The monoisotopic (exact) mass is 127 g/mol. The molecule has 1 saturated heterocycles. The lowest BCUT2D eigenvalue weighted by atomic mass is 10.1. The van der Waals surface area contributed by atoms with E-state index in [1.807, 2.05) is 0 Å². The molecular weight excluding hydrogens is 114 g/mol. The van der Waals surface area contributed by atoms with E-state index in [2.05, 4.69) is 22.5 Å². The third-order valence-corrected chi connectivity index (χ3v) is 1.46. The number of hydrogen-bond donors (Lipinski definition) is 2. The van der Waals surface area contributed by atoms with Crippen LogP contribution in [0.5, 0.6) is 0 Å². The molecule has 9 heavy (non-hydrogen) atoms. The first-order valence-corrected chi connectivity index (χ1v) is 3.27. The molecule has 0 aromatic rings. The number of guanidine groups is 1. The molecule has 0 unspecified atom stereocenters. The van der Waals surface area contributed by atoms with Gasteiger partial charge in [0.2, 0.25) is 0 Å². The van der Waals surface area contributed by atoms with E-state index in [1.165, 1.54) is 0 Å². The zero-order valence-corrected chi connectivity index (χ0v) is 5.94. The van der Waals surface area contributed by atoms with Crippen molar-refractivity contribution >= 4 is 5.96 Å². The summed E-state index contributed by atoms with van der Waals surface area (Å²) >= 11 is 0. The highest BCUT2D eigenvalue weighted by Gasteiger charge is 2.09. The maximum atomic E-state index is 3.98. The quantitative estimate of drug-likeness (QED) is 0.473. The van der Waals surface area contributed by atoms with Gasteiger partial charge < -0.3 is 10.6 Å². The maximum Gasteiger partial charge on any atom is 0.190 e. The second kappa shape index (κ2) is 2.71. The van der Waals surface area contributed by atoms with Gasteiger partial charge in [-0.1, -0.05) is 6.92 Å². The van der Waals surface area contributed by atoms with E-state index in [0.29, 0.717) is 0 Å². The Morgan fingerprint density at radius 2 is 2.00 bits per heavy atom. The minimum atomic E-state index is 0.718. The minimum Gasteiger partial charge on any atom is -0.356 e. The average molecular weight is 127 g/mol. The Hall–Kier alpha value is -0.730. The molecule has 0 atom stereocenters. The van der Waals surface area contributed by atoms with Crippen LogP contribution in [0.2, 0.25) is 0 Å². The second-order valence-electron chi connectivity index (χ2n) is 2.44. The van der Waals surface area contributed by atoms with Crippen molar-refractivity contribution in [3.8, 4) is 0 Å². The summed E-state index contributed by atoms with van der Waals surface area (Å²) in [6.07, 6.45) is 0. The average Bonchev–Trinajstić information content (AvgIpc) is 1.90. The fourth-order valence-electron chi connectivity index (χ4n) is 0.835. The van der Waals surface area contributed by atoms with Gasteiger partial charge in [0.05, 0.1) is 0 Å². The van der Waals surface area contributed by atoms with Gasteiger partial charge in [0.1, 0.15) is 0 Å². The van der Waals surface area contributed by atoms with Crippen LogP contribution in [0.15, 0.2) is 4.99 Å². The number of rotatable bonds is 0. The van der Waals surface area contributed by atoms with Crippen molar-refractivity contribution in [3.05, 3.63) is 0 Å². The molecule has 0 aromatic heterocycles. The molecule has 0 radical (unpaired) electrons. The van der Waals surface area contributed by atoms with E-state index in [4.69, 9.17) is 0 Å². The highest BCUT2D eigenvalue weighted by molar-refractivity contribution is 5.80. The van der Waals surface area contributed by atoms with Crippen molar-refractivity contribution in [1.29, 1.82) is 0 Å². The van der Waals surface area contributed by atoms with Crippen LogP contribution in [0, 0.1) is 5.92 Å². The van der Waals surface area contributed by atoms with Crippen LogP contribution in [0.3, 0.4) is 0 Å². The lowest BCUT2D eigenvalue weighted by molar-refractivity contribution is 0.508. The zero-order valence-electron chi connectivity index (χ0n) is 5.94. The Morgan fingerprint density at radius 3 is 2.44 bits per heavy atom. The fourth-order valence-corrected chi connectivity index (χ4v) is 0.835. The maximum absolute atomic E-state index is 3.98. The van der Waals surface area contributed by atoms with Gasteiger partial charge in [0, 0.05) is 20.1 Å². The Bertz CT molecular complexity index is 109. The van der Waals surface area contributed by atoms with Crippen LogP contribution >= 0.6 is 0 Å². The molecule has 0 aromatic carbocycles. The van der Waals surface area contributed by atoms with Crippen molar-refractivity contribution in [2.45, 2.75) is 6.92 Å². The van der Waals surface area contributed by atoms with Gasteiger partial charge in [0.15, 0.2) is 5.96 Å². The SMILES string of the molecule is CN=C1NCC(C)CN1. The van der Waals surface area contributed by atoms with Gasteiger partial charge in [-0.25, -0.2) is 0 Å². The van der Waals surface area contributed by atoms with E-state index in [0.717, 1.165) is 25.0 Å². The van der Waals surface area contributed by atoms with Gasteiger partial charge >= 0.3 is 0 Å². The molecule has 1 heterocycles. The summed E-state index contributed by atoms with van der Waals surface area (Å²) in [4.78, 5) is 3.98. The molecule has 0 aliphatic carbocycles. The third kappa shape index (κ3) is 1.59. The summed E-state index contributed by atoms with van der Waals surface area (Å²) in [7, 11) is 1.78. The second-order valence-corrected chi connectivity index (χ2v) is 2.44. The van der Waals surface area contributed by atoms with Gasteiger partial charge in [-0.15, -0.1) is 0 Å². The van der Waals surface area contributed by atoms with Crippen LogP contribution in [0.25, 0.3) is 0 Å². The molecule has 1 aliphatic rings. The van der Waals surface area contributed by atoms with Crippen molar-refractivity contribution < 1.29 is 0 Å². The first-order valence-electron chi connectivity index (χ1n) is 3.27. The van der Waals surface area contributed by atoms with E-state index >= 15 is 0 Å². The summed E-state index contributed by atoms with van der Waals surface area (Å²) < 4.78 is 0. The summed E-state index contributed by atoms with van der Waals surface area (Å²) in [5.41, 5.74) is 0. The lowest BCUT2D eigenvalue weighted by Crippen LogP contribution is -2.48. The number of nitrogens with one attached hydrogen (secondary N) is 2. The Balaban J connectivity index is 2.35. The van der Waals surface area contributed by atoms with Gasteiger partial charge in [0.25, 0.3) is 0 Å². The molecule has 0 amide bonds. The highest BCUT2D eigenvalue weighted by Crippen LogP contribution is 1.93. The summed E-state index contributed by atoms with van der Waals surface area (Å²) in [5.74, 6) is 1.64. The first-order chi connectivity index (χ1) is 4.33. The minimum absolute atomic E-state index is 0.718. The largest absolute Gasteiger partial charge is 0.356 e. The number of aliphatic imine (C=N–C) groups is 1. The summed E-state index contributed by atoms with van der Waals surface area (Å²) in [5, 5.41) is 6.31. The van der Waals surface area contributed by atoms with Gasteiger partial charge in [-0.05, 0) is 5.92 Å². The molecule has 1 rings (SSSR count). The molecule has 0 spiro atoms. The number of nitrogens with zero attached hydrogens (tertiary/aromatic N) is 1. The normalized spacial score (nSPS) is 26.4. The molecule has 3 nitrogen and oxygen atoms in total. The topological polar surface area (TPSA) is 36.4 Å². The summed E-state index contributed by atoms with van der Waals surface area (Å²) in [6.45, 7) is 4.28. The standard InChI is InChI=1S/C6H13N3/c1-5-3-8-6(7-2)9-4-5/h5H,3-4H2,1-2H3,(H2,7,8,9). The van der Waals surface area contributed by atoms with E-state index in [-0.39, 0.29) is 0 Å². The van der Waals surface area contributed by atoms with E-state index < -0.39 is 0 Å². The third-order valence-electron chi connectivity index (χ3n) is 1.46. The molecular formula is C6H13N3. The predicted molar refractivity (Wildman–Crippen MR) is 38.5 cm³/mol. The van der Waals surface area contributed by atoms with Gasteiger partial charge in [-0.2, -0.15) is 0 Å². The molecule has 0 bridgehead atoms. The first kappa shape index (κ1) is 6.39. The molecule has 52 valence electrons. The lowest BCUT2D eigenvalue weighted by Gasteiger charge is -2.22. The molecule has 0 saturated carbocycles. The van der Waals surface area contributed by atoms with Crippen molar-refractivity contribution in [1.82, 2.24) is 10.6 Å². The van der Waals surface area contributed by atoms with Crippen molar-refractivity contribution in [3.63, 3.8) is 0 Å².